The average Bonchev–Trinajstić information content (AvgIpc) is 3.62. The van der Waals surface area contributed by atoms with Crippen LogP contribution in [0.15, 0.2) is 104 Å². The monoisotopic (exact) mass is 525 g/mol. The molecule has 0 amide bonds. The summed E-state index contributed by atoms with van der Waals surface area (Å²) in [5, 5.41) is 12.1. The summed E-state index contributed by atoms with van der Waals surface area (Å²) in [5.41, 5.74) is 8.84. The number of pyridine rings is 2. The second kappa shape index (κ2) is 10.2. The van der Waals surface area contributed by atoms with Gasteiger partial charge in [-0.25, -0.2) is 14.4 Å². The predicted octanol–water partition coefficient (Wildman–Crippen LogP) is 6.66. The summed E-state index contributed by atoms with van der Waals surface area (Å²) < 4.78 is 13.9. The molecule has 3 aromatic carbocycles. The van der Waals surface area contributed by atoms with E-state index in [1.54, 1.807) is 12.3 Å². The summed E-state index contributed by atoms with van der Waals surface area (Å²) in [5.74, 6) is 0.297. The van der Waals surface area contributed by atoms with Gasteiger partial charge in [0.2, 0.25) is 0 Å². The molecule has 0 aliphatic rings. The number of H-pyrrole nitrogens is 2. The molecular weight excluding hydrogens is 501 g/mol. The van der Waals surface area contributed by atoms with Crippen LogP contribution in [0.2, 0.25) is 0 Å². The van der Waals surface area contributed by atoms with Crippen LogP contribution in [0.5, 0.6) is 0 Å². The summed E-state index contributed by atoms with van der Waals surface area (Å²) in [6, 6.07) is 27.0. The molecule has 4 aromatic heterocycles. The van der Waals surface area contributed by atoms with Crippen molar-refractivity contribution in [3.05, 3.63) is 120 Å². The fraction of sp³-hybridized carbons (Fsp3) is 0.0625. The summed E-state index contributed by atoms with van der Waals surface area (Å²) in [6.07, 6.45) is 5.45. The molecule has 0 saturated carbocycles. The number of nitrogens with one attached hydrogen (secondary N) is 3. The summed E-state index contributed by atoms with van der Waals surface area (Å²) >= 11 is 0. The highest BCUT2D eigenvalue weighted by molar-refractivity contribution is 5.97. The topological polar surface area (TPSA) is 95.2 Å². The highest BCUT2D eigenvalue weighted by atomic mass is 19.1. The zero-order valence-corrected chi connectivity index (χ0v) is 21.4. The highest BCUT2D eigenvalue weighted by Crippen LogP contribution is 2.32. The van der Waals surface area contributed by atoms with E-state index in [2.05, 4.69) is 60.8 Å². The Balaban J connectivity index is 1.20. The van der Waals surface area contributed by atoms with E-state index in [-0.39, 0.29) is 5.82 Å². The number of imidazole rings is 1. The second-order valence-electron chi connectivity index (χ2n) is 9.66. The van der Waals surface area contributed by atoms with Crippen molar-refractivity contribution in [2.75, 3.05) is 0 Å². The number of fused-ring (bicyclic) bond motifs is 2. The molecule has 194 valence electrons. The minimum absolute atomic E-state index is 0.293. The zero-order chi connectivity index (χ0) is 26.9. The molecule has 0 saturated heterocycles. The molecule has 0 fully saturated rings. The van der Waals surface area contributed by atoms with Gasteiger partial charge >= 0.3 is 0 Å². The highest BCUT2D eigenvalue weighted by Gasteiger charge is 2.16. The first-order valence-corrected chi connectivity index (χ1v) is 13.0. The van der Waals surface area contributed by atoms with E-state index < -0.39 is 0 Å². The van der Waals surface area contributed by atoms with Crippen molar-refractivity contribution in [3.8, 4) is 33.8 Å². The van der Waals surface area contributed by atoms with Crippen LogP contribution in [0.4, 0.5) is 4.39 Å². The largest absolute Gasteiger partial charge is 0.335 e. The quantitative estimate of drug-likeness (QED) is 0.216. The first-order chi connectivity index (χ1) is 19.7. The van der Waals surface area contributed by atoms with Crippen LogP contribution >= 0.6 is 0 Å². The molecule has 7 aromatic rings. The maximum Gasteiger partial charge on any atom is 0.178 e. The fourth-order valence-electron chi connectivity index (χ4n) is 4.98. The maximum atomic E-state index is 13.9. The van der Waals surface area contributed by atoms with Crippen LogP contribution in [0, 0.1) is 5.82 Å². The van der Waals surface area contributed by atoms with Gasteiger partial charge < -0.3 is 10.3 Å². The number of halogens is 1. The molecular formula is C32H24FN7. The molecule has 7 nitrogen and oxygen atoms in total. The van der Waals surface area contributed by atoms with Crippen LogP contribution in [0.25, 0.3) is 55.8 Å². The lowest BCUT2D eigenvalue weighted by Crippen LogP contribution is -2.12. The van der Waals surface area contributed by atoms with Crippen molar-refractivity contribution in [2.45, 2.75) is 13.1 Å². The Morgan fingerprint density at radius 1 is 0.775 bits per heavy atom. The Hall–Kier alpha value is -5.21. The lowest BCUT2D eigenvalue weighted by Gasteiger charge is -2.07. The Morgan fingerprint density at radius 3 is 2.58 bits per heavy atom. The average molecular weight is 526 g/mol. The predicted molar refractivity (Wildman–Crippen MR) is 155 cm³/mol. The number of hydrogen-bond acceptors (Lipinski definition) is 5. The van der Waals surface area contributed by atoms with E-state index >= 15 is 0 Å². The number of aromatic nitrogens is 6. The van der Waals surface area contributed by atoms with Crippen molar-refractivity contribution in [3.63, 3.8) is 0 Å². The number of nitrogens with zero attached hydrogens (tertiary/aromatic N) is 4. The summed E-state index contributed by atoms with van der Waals surface area (Å²) in [6.45, 7) is 1.51. The molecule has 7 rings (SSSR count). The molecule has 0 spiro atoms. The third-order valence-corrected chi connectivity index (χ3v) is 6.94. The molecule has 8 heteroatoms. The SMILES string of the molecule is Fc1cccc(-c2ccnc3nc(-c4n[nH]c5ccc(-c6cncc(CNCc7ccccc7)c6)cc45)[nH]c23)c1. The van der Waals surface area contributed by atoms with Crippen LogP contribution in [-0.2, 0) is 13.1 Å². The number of rotatable bonds is 7. The van der Waals surface area contributed by atoms with Gasteiger partial charge in [0, 0.05) is 48.2 Å². The third-order valence-electron chi connectivity index (χ3n) is 6.94. The number of hydrogen-bond donors (Lipinski definition) is 3. The molecule has 3 N–H and O–H groups in total. The normalized spacial score (nSPS) is 11.4. The Bertz CT molecular complexity index is 1960. The molecule has 0 atom stereocenters. The maximum absolute atomic E-state index is 13.9. The van der Waals surface area contributed by atoms with Crippen molar-refractivity contribution in [1.29, 1.82) is 0 Å². The van der Waals surface area contributed by atoms with E-state index in [1.165, 1.54) is 17.7 Å². The Labute approximate surface area is 229 Å². The van der Waals surface area contributed by atoms with Gasteiger partial charge in [0.1, 0.15) is 11.5 Å². The number of aromatic amines is 2. The van der Waals surface area contributed by atoms with Crippen molar-refractivity contribution >= 4 is 22.1 Å². The van der Waals surface area contributed by atoms with Gasteiger partial charge in [-0.2, -0.15) is 5.10 Å². The fourth-order valence-corrected chi connectivity index (χ4v) is 4.98. The Kier molecular flexibility index (Phi) is 6.07. The first-order valence-electron chi connectivity index (χ1n) is 13.0. The lowest BCUT2D eigenvalue weighted by molar-refractivity contribution is 0.628. The van der Waals surface area contributed by atoms with E-state index in [4.69, 9.17) is 4.98 Å². The molecule has 0 bridgehead atoms. The standard InChI is InChI=1S/C32H24FN7/c33-25-8-4-7-23(14-25)26-11-12-36-31-29(26)37-32(38-31)30-27-15-22(9-10-28(27)39-40-30)24-13-21(18-35-19-24)17-34-16-20-5-2-1-3-6-20/h1-15,18-19,34H,16-17H2,(H,39,40)(H,36,37,38). The van der Waals surface area contributed by atoms with E-state index in [1.807, 2.05) is 48.8 Å². The lowest BCUT2D eigenvalue weighted by atomic mass is 10.0. The van der Waals surface area contributed by atoms with Gasteiger partial charge in [-0.3, -0.25) is 10.1 Å². The van der Waals surface area contributed by atoms with Crippen molar-refractivity contribution < 1.29 is 4.39 Å². The molecule has 0 aliphatic heterocycles. The van der Waals surface area contributed by atoms with Crippen molar-refractivity contribution in [1.82, 2.24) is 35.5 Å². The van der Waals surface area contributed by atoms with Crippen LogP contribution < -0.4 is 5.32 Å². The Morgan fingerprint density at radius 2 is 1.68 bits per heavy atom. The van der Waals surface area contributed by atoms with Crippen LogP contribution in [0.3, 0.4) is 0 Å². The molecule has 0 radical (unpaired) electrons. The van der Waals surface area contributed by atoms with Gasteiger partial charge in [0.05, 0.1) is 11.0 Å². The summed E-state index contributed by atoms with van der Waals surface area (Å²) in [4.78, 5) is 17.0. The van der Waals surface area contributed by atoms with Gasteiger partial charge in [-0.15, -0.1) is 0 Å². The van der Waals surface area contributed by atoms with Gasteiger partial charge in [0.25, 0.3) is 0 Å². The molecule has 0 unspecified atom stereocenters. The van der Waals surface area contributed by atoms with Gasteiger partial charge in [0.15, 0.2) is 11.5 Å². The first kappa shape index (κ1) is 23.9. The molecule has 4 heterocycles. The van der Waals surface area contributed by atoms with E-state index in [0.29, 0.717) is 23.7 Å². The second-order valence-corrected chi connectivity index (χ2v) is 9.66. The van der Waals surface area contributed by atoms with Crippen LogP contribution in [-0.4, -0.2) is 30.1 Å². The minimum atomic E-state index is -0.293. The van der Waals surface area contributed by atoms with Crippen molar-refractivity contribution in [2.24, 2.45) is 0 Å². The smallest absolute Gasteiger partial charge is 0.178 e. The summed E-state index contributed by atoms with van der Waals surface area (Å²) in [7, 11) is 0. The van der Waals surface area contributed by atoms with E-state index in [0.717, 1.165) is 50.8 Å². The van der Waals surface area contributed by atoms with Gasteiger partial charge in [-0.1, -0.05) is 48.5 Å². The minimum Gasteiger partial charge on any atom is -0.335 e. The van der Waals surface area contributed by atoms with E-state index in [9.17, 15) is 4.39 Å². The molecule has 0 aliphatic carbocycles. The molecule has 40 heavy (non-hydrogen) atoms. The number of benzene rings is 3. The van der Waals surface area contributed by atoms with Gasteiger partial charge in [-0.05, 0) is 58.7 Å². The third kappa shape index (κ3) is 4.61. The zero-order valence-electron chi connectivity index (χ0n) is 21.4. The van der Waals surface area contributed by atoms with Crippen LogP contribution in [0.1, 0.15) is 11.1 Å².